The summed E-state index contributed by atoms with van der Waals surface area (Å²) in [5.74, 6) is 0.887. The van der Waals surface area contributed by atoms with Crippen LogP contribution in [0.3, 0.4) is 0 Å². The molecule has 3 heterocycles. The highest BCUT2D eigenvalue weighted by atomic mass is 127. The zero-order valence-electron chi connectivity index (χ0n) is 18.4. The van der Waals surface area contributed by atoms with E-state index in [9.17, 15) is 0 Å². The molecule has 0 radical (unpaired) electrons. The average molecular weight is 555 g/mol. The van der Waals surface area contributed by atoms with Gasteiger partial charge in [0.1, 0.15) is 0 Å². The van der Waals surface area contributed by atoms with Crippen molar-refractivity contribution in [1.82, 2.24) is 15.5 Å². The van der Waals surface area contributed by atoms with E-state index >= 15 is 0 Å². The Hall–Kier alpha value is -1.16. The van der Waals surface area contributed by atoms with Gasteiger partial charge < -0.3 is 15.4 Å². The molecular formula is C24H35IN4OS. The maximum Gasteiger partial charge on any atom is 0.191 e. The van der Waals surface area contributed by atoms with E-state index in [0.29, 0.717) is 6.04 Å². The largest absolute Gasteiger partial charge is 0.381 e. The molecule has 1 unspecified atom stereocenters. The predicted molar refractivity (Wildman–Crippen MR) is 141 cm³/mol. The highest BCUT2D eigenvalue weighted by Crippen LogP contribution is 2.34. The van der Waals surface area contributed by atoms with E-state index in [2.05, 4.69) is 68.4 Å². The van der Waals surface area contributed by atoms with Crippen LogP contribution in [0, 0.1) is 0 Å². The van der Waals surface area contributed by atoms with Gasteiger partial charge in [0.05, 0.1) is 6.04 Å². The van der Waals surface area contributed by atoms with Gasteiger partial charge >= 0.3 is 0 Å². The van der Waals surface area contributed by atoms with Crippen LogP contribution in [0.15, 0.2) is 52.8 Å². The lowest BCUT2D eigenvalue weighted by Crippen LogP contribution is -2.49. The second-order valence-corrected chi connectivity index (χ2v) is 9.32. The maximum atomic E-state index is 5.68. The predicted octanol–water partition coefficient (Wildman–Crippen LogP) is 4.42. The lowest BCUT2D eigenvalue weighted by atomic mass is 9.74. The van der Waals surface area contributed by atoms with Crippen molar-refractivity contribution in [3.63, 3.8) is 0 Å². The van der Waals surface area contributed by atoms with Gasteiger partial charge in [-0.05, 0) is 55.8 Å². The molecule has 31 heavy (non-hydrogen) atoms. The number of benzene rings is 1. The van der Waals surface area contributed by atoms with Crippen molar-refractivity contribution >= 4 is 41.3 Å². The fraction of sp³-hybridized carbons (Fsp3) is 0.542. The number of ether oxygens (including phenoxy) is 1. The third kappa shape index (κ3) is 6.21. The minimum absolute atomic E-state index is 0. The van der Waals surface area contributed by atoms with Crippen LogP contribution >= 0.6 is 35.3 Å². The molecule has 170 valence electrons. The monoisotopic (exact) mass is 554 g/mol. The molecule has 1 aromatic carbocycles. The number of rotatable bonds is 7. The fourth-order valence-corrected chi connectivity index (χ4v) is 5.59. The molecule has 0 saturated carbocycles. The Morgan fingerprint density at radius 3 is 2.48 bits per heavy atom. The number of nitrogens with one attached hydrogen (secondary N) is 2. The van der Waals surface area contributed by atoms with Crippen molar-refractivity contribution in [1.29, 1.82) is 0 Å². The fourth-order valence-electron chi connectivity index (χ4n) is 4.73. The van der Waals surface area contributed by atoms with Crippen molar-refractivity contribution in [3.8, 4) is 0 Å². The molecule has 1 aromatic heterocycles. The van der Waals surface area contributed by atoms with Crippen molar-refractivity contribution in [2.45, 2.75) is 37.1 Å². The third-order valence-electron chi connectivity index (χ3n) is 6.57. The summed E-state index contributed by atoms with van der Waals surface area (Å²) in [6.45, 7) is 5.76. The van der Waals surface area contributed by atoms with E-state index in [4.69, 9.17) is 4.74 Å². The molecular weight excluding hydrogens is 519 g/mol. The lowest BCUT2D eigenvalue weighted by Gasteiger charge is -2.38. The number of hydrogen-bond donors (Lipinski definition) is 2. The van der Waals surface area contributed by atoms with Gasteiger partial charge in [0.15, 0.2) is 5.96 Å². The molecule has 0 bridgehead atoms. The van der Waals surface area contributed by atoms with Gasteiger partial charge in [0.25, 0.3) is 0 Å². The van der Waals surface area contributed by atoms with E-state index in [0.717, 1.165) is 45.1 Å². The van der Waals surface area contributed by atoms with Gasteiger partial charge in [-0.2, -0.15) is 0 Å². The van der Waals surface area contributed by atoms with Gasteiger partial charge in [-0.25, -0.2) is 0 Å². The van der Waals surface area contributed by atoms with E-state index < -0.39 is 0 Å². The van der Waals surface area contributed by atoms with Crippen molar-refractivity contribution in [3.05, 3.63) is 58.3 Å². The molecule has 2 fully saturated rings. The van der Waals surface area contributed by atoms with Crippen LogP contribution in [-0.4, -0.2) is 57.3 Å². The molecule has 7 heteroatoms. The SMILES string of the molecule is CN=C(NCC(c1cccs1)N1CCCC1)NCC1(c2ccccc2)CCOCC1.I. The van der Waals surface area contributed by atoms with Crippen molar-refractivity contribution in [2.24, 2.45) is 4.99 Å². The maximum absolute atomic E-state index is 5.68. The molecule has 2 aliphatic heterocycles. The lowest BCUT2D eigenvalue weighted by molar-refractivity contribution is 0.0513. The first kappa shape index (κ1) is 24.5. The second-order valence-electron chi connectivity index (χ2n) is 8.34. The number of aliphatic imine (C=N–C) groups is 1. The number of likely N-dealkylation sites (tertiary alicyclic amines) is 1. The van der Waals surface area contributed by atoms with E-state index in [1.54, 1.807) is 0 Å². The Morgan fingerprint density at radius 2 is 1.84 bits per heavy atom. The van der Waals surface area contributed by atoms with E-state index in [-0.39, 0.29) is 29.4 Å². The van der Waals surface area contributed by atoms with Crippen LogP contribution < -0.4 is 10.6 Å². The smallest absolute Gasteiger partial charge is 0.191 e. The highest BCUT2D eigenvalue weighted by molar-refractivity contribution is 14.0. The molecule has 2 saturated heterocycles. The van der Waals surface area contributed by atoms with Crippen LogP contribution in [0.2, 0.25) is 0 Å². The number of nitrogens with zero attached hydrogens (tertiary/aromatic N) is 2. The van der Waals surface area contributed by atoms with Gasteiger partial charge in [0.2, 0.25) is 0 Å². The summed E-state index contributed by atoms with van der Waals surface area (Å²) in [6, 6.07) is 15.7. The zero-order chi connectivity index (χ0) is 20.7. The topological polar surface area (TPSA) is 48.9 Å². The second kappa shape index (κ2) is 12.2. The van der Waals surface area contributed by atoms with E-state index in [1.165, 1.54) is 36.4 Å². The molecule has 5 nitrogen and oxygen atoms in total. The number of hydrogen-bond acceptors (Lipinski definition) is 4. The minimum atomic E-state index is 0. The Bertz CT molecular complexity index is 787. The molecule has 0 aliphatic carbocycles. The molecule has 0 amide bonds. The summed E-state index contributed by atoms with van der Waals surface area (Å²) in [6.07, 6.45) is 4.67. The first-order valence-electron chi connectivity index (χ1n) is 11.2. The van der Waals surface area contributed by atoms with Crippen molar-refractivity contribution in [2.75, 3.05) is 46.4 Å². The average Bonchev–Trinajstić information content (AvgIpc) is 3.52. The van der Waals surface area contributed by atoms with Crippen LogP contribution in [-0.2, 0) is 10.2 Å². The standard InChI is InChI=1S/C24H34N4OS.HI/c1-25-23(26-18-21(22-10-7-17-30-22)28-13-5-6-14-28)27-19-24(11-15-29-16-12-24)20-8-3-2-4-9-20;/h2-4,7-10,17,21H,5-6,11-16,18-19H2,1H3,(H2,25,26,27);1H. The summed E-state index contributed by atoms with van der Waals surface area (Å²) in [5.41, 5.74) is 1.49. The Morgan fingerprint density at radius 1 is 1.10 bits per heavy atom. The summed E-state index contributed by atoms with van der Waals surface area (Å²) in [5, 5.41) is 9.43. The molecule has 2 N–H and O–H groups in total. The zero-order valence-corrected chi connectivity index (χ0v) is 21.5. The Balaban J connectivity index is 0.00000272. The first-order chi connectivity index (χ1) is 14.8. The normalized spacial score (nSPS) is 20.1. The molecule has 4 rings (SSSR count). The van der Waals surface area contributed by atoms with E-state index in [1.807, 2.05) is 18.4 Å². The molecule has 2 aromatic rings. The van der Waals surface area contributed by atoms with Gasteiger partial charge in [-0.15, -0.1) is 35.3 Å². The van der Waals surface area contributed by atoms with Gasteiger partial charge in [-0.3, -0.25) is 9.89 Å². The van der Waals surface area contributed by atoms with Gasteiger partial charge in [-0.1, -0.05) is 36.4 Å². The summed E-state index contributed by atoms with van der Waals surface area (Å²) >= 11 is 1.85. The van der Waals surface area contributed by atoms with Crippen LogP contribution in [0.4, 0.5) is 0 Å². The summed E-state index contributed by atoms with van der Waals surface area (Å²) < 4.78 is 5.68. The third-order valence-corrected chi connectivity index (χ3v) is 7.54. The Kier molecular flexibility index (Phi) is 9.62. The number of halogens is 1. The Labute approximate surface area is 207 Å². The first-order valence-corrected chi connectivity index (χ1v) is 12.0. The minimum Gasteiger partial charge on any atom is -0.381 e. The molecule has 2 aliphatic rings. The van der Waals surface area contributed by atoms with Crippen LogP contribution in [0.1, 0.15) is 42.2 Å². The van der Waals surface area contributed by atoms with Gasteiger partial charge in [0, 0.05) is 43.6 Å². The quantitative estimate of drug-likeness (QED) is 0.303. The summed E-state index contributed by atoms with van der Waals surface area (Å²) in [4.78, 5) is 8.57. The number of guanidine groups is 1. The molecule has 0 spiro atoms. The summed E-state index contributed by atoms with van der Waals surface area (Å²) in [7, 11) is 1.87. The number of thiophene rings is 1. The van der Waals surface area contributed by atoms with Crippen molar-refractivity contribution < 1.29 is 4.74 Å². The highest BCUT2D eigenvalue weighted by Gasteiger charge is 2.34. The molecule has 1 atom stereocenters. The van der Waals surface area contributed by atoms with Crippen LogP contribution in [0.5, 0.6) is 0 Å². The van der Waals surface area contributed by atoms with Crippen LogP contribution in [0.25, 0.3) is 0 Å².